The summed E-state index contributed by atoms with van der Waals surface area (Å²) in [5, 5.41) is 12.1. The van der Waals surface area contributed by atoms with Gasteiger partial charge in [-0.1, -0.05) is 0 Å². The van der Waals surface area contributed by atoms with Crippen molar-refractivity contribution in [2.75, 3.05) is 28.2 Å². The van der Waals surface area contributed by atoms with Gasteiger partial charge in [0.1, 0.15) is 17.6 Å². The number of hydrogen-bond donors (Lipinski definition) is 3. The molecule has 0 aliphatic carbocycles. The zero-order valence-corrected chi connectivity index (χ0v) is 17.3. The van der Waals surface area contributed by atoms with E-state index < -0.39 is 24.2 Å². The monoisotopic (exact) mass is 460 g/mol. The van der Waals surface area contributed by atoms with Gasteiger partial charge in [0, 0.05) is 19.3 Å². The third kappa shape index (κ3) is 3.68. The molecule has 5 rings (SSSR count). The Bertz CT molecular complexity index is 1240. The van der Waals surface area contributed by atoms with Crippen LogP contribution >= 0.6 is 0 Å². The number of anilines is 3. The lowest BCUT2D eigenvalue weighted by Crippen LogP contribution is -2.49. The smallest absolute Gasteiger partial charge is 0.366 e. The summed E-state index contributed by atoms with van der Waals surface area (Å²) in [5.41, 5.74) is 0.867. The number of nitrogens with one attached hydrogen (secondary N) is 3. The van der Waals surface area contributed by atoms with Crippen LogP contribution < -0.4 is 20.4 Å². The highest BCUT2D eigenvalue weighted by Gasteiger charge is 2.41. The third-order valence-electron chi connectivity index (χ3n) is 5.80. The lowest BCUT2D eigenvalue weighted by Gasteiger charge is -2.35. The van der Waals surface area contributed by atoms with Gasteiger partial charge in [0.2, 0.25) is 0 Å². The fourth-order valence-corrected chi connectivity index (χ4v) is 4.06. The molecule has 172 valence electrons. The van der Waals surface area contributed by atoms with E-state index in [1.165, 1.54) is 11.0 Å². The van der Waals surface area contributed by atoms with Gasteiger partial charge in [-0.2, -0.15) is 18.3 Å². The zero-order valence-electron chi connectivity index (χ0n) is 17.3. The predicted octanol–water partition coefficient (Wildman–Crippen LogP) is 2.66. The number of aromatic amines is 1. The topological polar surface area (TPSA) is 119 Å². The van der Waals surface area contributed by atoms with E-state index in [1.54, 1.807) is 24.4 Å². The van der Waals surface area contributed by atoms with E-state index in [-0.39, 0.29) is 17.6 Å². The average Bonchev–Trinajstić information content (AvgIpc) is 3.38. The van der Waals surface area contributed by atoms with Crippen LogP contribution in [0.4, 0.5) is 35.3 Å². The Morgan fingerprint density at radius 2 is 2.09 bits per heavy atom. The molecule has 0 aromatic carbocycles. The molecule has 3 N–H and O–H groups in total. The summed E-state index contributed by atoms with van der Waals surface area (Å²) in [5.74, 6) is -0.393. The molecule has 1 fully saturated rings. The number of H-pyrrole nitrogens is 1. The number of urea groups is 1. The molecule has 1 saturated heterocycles. The van der Waals surface area contributed by atoms with Crippen molar-refractivity contribution in [3.63, 3.8) is 0 Å². The Labute approximate surface area is 185 Å². The Hall–Kier alpha value is -3.90. The van der Waals surface area contributed by atoms with Crippen LogP contribution in [-0.4, -0.2) is 63.5 Å². The second-order valence-corrected chi connectivity index (χ2v) is 7.94. The molecule has 2 atom stereocenters. The summed E-state index contributed by atoms with van der Waals surface area (Å²) in [7, 11) is 0. The number of pyridine rings is 2. The molecule has 0 saturated carbocycles. The van der Waals surface area contributed by atoms with E-state index in [9.17, 15) is 22.8 Å². The molecule has 2 aliphatic heterocycles. The van der Waals surface area contributed by atoms with E-state index in [0.717, 1.165) is 6.92 Å². The molecule has 2 aliphatic rings. The minimum Gasteiger partial charge on any atom is -0.366 e. The van der Waals surface area contributed by atoms with Crippen molar-refractivity contribution in [1.82, 2.24) is 25.5 Å². The highest BCUT2D eigenvalue weighted by atomic mass is 19.4. The minimum atomic E-state index is -4.58. The van der Waals surface area contributed by atoms with Crippen molar-refractivity contribution < 1.29 is 22.8 Å². The van der Waals surface area contributed by atoms with Crippen LogP contribution in [0.1, 0.15) is 23.8 Å². The number of nitrogens with zero attached hydrogens (tertiary/aromatic N) is 5. The van der Waals surface area contributed by atoms with Crippen molar-refractivity contribution >= 4 is 40.3 Å². The maximum Gasteiger partial charge on any atom is 0.408 e. The molecule has 0 spiro atoms. The quantitative estimate of drug-likeness (QED) is 0.553. The summed E-state index contributed by atoms with van der Waals surface area (Å²) < 4.78 is 38.6. The second-order valence-electron chi connectivity index (χ2n) is 7.94. The molecule has 10 nitrogen and oxygen atoms in total. The molecule has 1 unspecified atom stereocenters. The van der Waals surface area contributed by atoms with Gasteiger partial charge < -0.3 is 10.2 Å². The minimum absolute atomic E-state index is 0.204. The number of aromatic nitrogens is 4. The summed E-state index contributed by atoms with van der Waals surface area (Å²) in [6, 6.07) is 3.70. The number of fused-ring (bicyclic) bond motifs is 5. The molecule has 33 heavy (non-hydrogen) atoms. The lowest BCUT2D eigenvalue weighted by molar-refractivity contribution is -0.149. The van der Waals surface area contributed by atoms with Gasteiger partial charge >= 0.3 is 12.2 Å². The van der Waals surface area contributed by atoms with Gasteiger partial charge in [0.05, 0.1) is 17.1 Å². The van der Waals surface area contributed by atoms with Gasteiger partial charge in [-0.05, 0) is 37.6 Å². The summed E-state index contributed by atoms with van der Waals surface area (Å²) in [6.07, 6.45) is -2.32. The van der Waals surface area contributed by atoms with Gasteiger partial charge in [0.25, 0.3) is 5.91 Å². The number of amides is 3. The maximum atomic E-state index is 13.3. The normalized spacial score (nSPS) is 18.2. The maximum absolute atomic E-state index is 13.3. The van der Waals surface area contributed by atoms with Gasteiger partial charge in [-0.15, -0.1) is 0 Å². The summed E-state index contributed by atoms with van der Waals surface area (Å²) in [4.78, 5) is 37.6. The van der Waals surface area contributed by atoms with E-state index in [2.05, 4.69) is 25.5 Å². The average molecular weight is 460 g/mol. The molecule has 5 heterocycles. The molecule has 3 aromatic rings. The third-order valence-corrected chi connectivity index (χ3v) is 5.80. The van der Waals surface area contributed by atoms with Crippen molar-refractivity contribution in [2.24, 2.45) is 0 Å². The molecule has 2 bridgehead atoms. The highest BCUT2D eigenvalue weighted by Crippen LogP contribution is 2.39. The SMILES string of the molecule is CC(NC(=O)c1ccc2c(n1)N(C(=O)Nc1[nH]nc3ncccc13)[C@H]1CCN2C1)C(F)(F)F. The standard InChI is InChI=1S/C20H19F3N8O2/c1-10(20(21,22)23)25-18(32)13-4-5-14-17(26-13)31(11-6-8-30(14)9-11)19(33)27-16-12-3-2-7-24-15(12)28-29-16/h2-5,7,10-11H,6,8-9H2,1H3,(H,25,32)(H2,24,27,28,29,33)/t10?,11-/m0/s1. The first kappa shape index (κ1) is 21.0. The number of halogens is 3. The first-order valence-electron chi connectivity index (χ1n) is 10.3. The predicted molar refractivity (Wildman–Crippen MR) is 113 cm³/mol. The van der Waals surface area contributed by atoms with Gasteiger partial charge in [-0.25, -0.2) is 14.8 Å². The molecular weight excluding hydrogens is 441 g/mol. The number of carbonyl (C=O) groups excluding carboxylic acids is 2. The largest absolute Gasteiger partial charge is 0.408 e. The van der Waals surface area contributed by atoms with Crippen LogP contribution in [0.15, 0.2) is 30.5 Å². The number of carbonyl (C=O) groups is 2. The van der Waals surface area contributed by atoms with Crippen molar-refractivity contribution in [3.8, 4) is 0 Å². The van der Waals surface area contributed by atoms with Crippen molar-refractivity contribution in [3.05, 3.63) is 36.2 Å². The fraction of sp³-hybridized carbons (Fsp3) is 0.350. The Morgan fingerprint density at radius 3 is 2.88 bits per heavy atom. The van der Waals surface area contributed by atoms with Crippen LogP contribution in [0.5, 0.6) is 0 Å². The van der Waals surface area contributed by atoms with E-state index in [0.29, 0.717) is 42.0 Å². The summed E-state index contributed by atoms with van der Waals surface area (Å²) >= 11 is 0. The number of hydrogen-bond acceptors (Lipinski definition) is 6. The van der Waals surface area contributed by atoms with E-state index in [4.69, 9.17) is 0 Å². The van der Waals surface area contributed by atoms with Gasteiger partial charge in [0.15, 0.2) is 11.5 Å². The molecule has 13 heteroatoms. The van der Waals surface area contributed by atoms with Crippen LogP contribution in [0, 0.1) is 0 Å². The first-order chi connectivity index (χ1) is 15.7. The number of rotatable bonds is 3. The highest BCUT2D eigenvalue weighted by molar-refractivity contribution is 6.07. The van der Waals surface area contributed by atoms with Gasteiger partial charge in [-0.3, -0.25) is 20.1 Å². The molecular formula is C20H19F3N8O2. The van der Waals surface area contributed by atoms with Crippen LogP contribution in [0.2, 0.25) is 0 Å². The van der Waals surface area contributed by atoms with Crippen LogP contribution in [0.25, 0.3) is 11.0 Å². The fourth-order valence-electron chi connectivity index (χ4n) is 4.06. The molecule has 0 radical (unpaired) electrons. The molecule has 3 amide bonds. The van der Waals surface area contributed by atoms with E-state index in [1.807, 2.05) is 10.2 Å². The Morgan fingerprint density at radius 1 is 1.27 bits per heavy atom. The van der Waals surface area contributed by atoms with E-state index >= 15 is 0 Å². The van der Waals surface area contributed by atoms with Crippen LogP contribution in [0.3, 0.4) is 0 Å². The van der Waals surface area contributed by atoms with Crippen LogP contribution in [-0.2, 0) is 0 Å². The Balaban J connectivity index is 1.45. The number of alkyl halides is 3. The Kier molecular flexibility index (Phi) is 4.83. The van der Waals surface area contributed by atoms with Crippen molar-refractivity contribution in [2.45, 2.75) is 31.6 Å². The first-order valence-corrected chi connectivity index (χ1v) is 10.3. The lowest BCUT2D eigenvalue weighted by atomic mass is 10.1. The zero-order chi connectivity index (χ0) is 23.3. The second kappa shape index (κ2) is 7.60. The molecule has 3 aromatic heterocycles. The summed E-state index contributed by atoms with van der Waals surface area (Å²) in [6.45, 7) is 2.13. The van der Waals surface area contributed by atoms with Crippen molar-refractivity contribution in [1.29, 1.82) is 0 Å².